The summed E-state index contributed by atoms with van der Waals surface area (Å²) >= 11 is 3.39. The van der Waals surface area contributed by atoms with Crippen molar-refractivity contribution >= 4 is 21.8 Å². The quantitative estimate of drug-likeness (QED) is 0.881. The number of hydrogen-bond acceptors (Lipinski definition) is 1. The van der Waals surface area contributed by atoms with Gasteiger partial charge in [-0.25, -0.2) is 4.39 Å². The van der Waals surface area contributed by atoms with Crippen LogP contribution >= 0.6 is 15.9 Å². The van der Waals surface area contributed by atoms with Crippen molar-refractivity contribution in [1.82, 2.24) is 5.32 Å². The Labute approximate surface area is 132 Å². The van der Waals surface area contributed by atoms with Gasteiger partial charge in [0.2, 0.25) is 5.91 Å². The molecule has 0 unspecified atom stereocenters. The number of carbonyl (C=O) groups excluding carboxylic acids is 1. The van der Waals surface area contributed by atoms with Crippen molar-refractivity contribution in [3.63, 3.8) is 0 Å². The van der Waals surface area contributed by atoms with Gasteiger partial charge in [-0.1, -0.05) is 40.2 Å². The molecule has 110 valence electrons. The Balaban J connectivity index is 2.05. The number of benzene rings is 2. The van der Waals surface area contributed by atoms with Crippen LogP contribution in [0.3, 0.4) is 0 Å². The van der Waals surface area contributed by atoms with Gasteiger partial charge in [0.1, 0.15) is 5.82 Å². The molecule has 4 heteroatoms. The summed E-state index contributed by atoms with van der Waals surface area (Å²) in [5.74, 6) is -0.350. The van der Waals surface area contributed by atoms with Crippen LogP contribution in [0.4, 0.5) is 4.39 Å². The highest BCUT2D eigenvalue weighted by Gasteiger charge is 2.22. The molecule has 0 radical (unpaired) electrons. The van der Waals surface area contributed by atoms with Crippen LogP contribution in [0.1, 0.15) is 25.0 Å². The summed E-state index contributed by atoms with van der Waals surface area (Å²) in [6.45, 7) is 3.80. The molecule has 1 amide bonds. The van der Waals surface area contributed by atoms with Gasteiger partial charge in [0, 0.05) is 4.47 Å². The zero-order chi connectivity index (χ0) is 15.5. The Morgan fingerprint density at radius 2 is 1.86 bits per heavy atom. The number of carbonyl (C=O) groups is 1. The molecule has 0 heterocycles. The van der Waals surface area contributed by atoms with Crippen molar-refractivity contribution in [2.75, 3.05) is 0 Å². The molecule has 0 bridgehead atoms. The topological polar surface area (TPSA) is 29.1 Å². The molecule has 0 atom stereocenters. The molecule has 0 saturated heterocycles. The van der Waals surface area contributed by atoms with Gasteiger partial charge in [-0.05, 0) is 49.2 Å². The maximum atomic E-state index is 13.0. The Kier molecular flexibility index (Phi) is 4.78. The molecule has 0 aliphatic carbocycles. The lowest BCUT2D eigenvalue weighted by Gasteiger charge is -2.27. The number of rotatable bonds is 4. The van der Waals surface area contributed by atoms with Crippen LogP contribution in [-0.4, -0.2) is 5.91 Å². The molecule has 2 aromatic carbocycles. The maximum absolute atomic E-state index is 13.0. The van der Waals surface area contributed by atoms with E-state index in [1.807, 2.05) is 38.1 Å². The molecule has 0 spiro atoms. The molecule has 0 saturated carbocycles. The first-order valence-corrected chi connectivity index (χ1v) is 7.47. The largest absolute Gasteiger partial charge is 0.347 e. The predicted octanol–water partition coefficient (Wildman–Crippen LogP) is 4.18. The Morgan fingerprint density at radius 1 is 1.19 bits per heavy atom. The summed E-state index contributed by atoms with van der Waals surface area (Å²) in [5.41, 5.74) is 1.26. The number of hydrogen-bond donors (Lipinski definition) is 1. The van der Waals surface area contributed by atoms with Crippen LogP contribution in [0.25, 0.3) is 0 Å². The number of nitrogens with one attached hydrogen (secondary N) is 1. The van der Waals surface area contributed by atoms with E-state index >= 15 is 0 Å². The highest BCUT2D eigenvalue weighted by molar-refractivity contribution is 9.10. The van der Waals surface area contributed by atoms with E-state index in [2.05, 4.69) is 21.2 Å². The number of halogens is 2. The third-order valence-corrected chi connectivity index (χ3v) is 3.76. The second-order valence-electron chi connectivity index (χ2n) is 5.49. The number of amides is 1. The molecule has 0 aliphatic heterocycles. The van der Waals surface area contributed by atoms with Crippen LogP contribution in [0.5, 0.6) is 0 Å². The summed E-state index contributed by atoms with van der Waals surface area (Å²) in [4.78, 5) is 12.2. The monoisotopic (exact) mass is 349 g/mol. The fourth-order valence-electron chi connectivity index (χ4n) is 2.16. The van der Waals surface area contributed by atoms with Crippen molar-refractivity contribution in [3.05, 3.63) is 69.9 Å². The molecule has 0 aromatic heterocycles. The van der Waals surface area contributed by atoms with Gasteiger partial charge in [0.25, 0.3) is 0 Å². The SMILES string of the molecule is CC(C)(NC(=O)Cc1cccc(Br)c1)c1ccc(F)cc1. The standard InChI is InChI=1S/C17H17BrFNO/c1-17(2,13-6-8-15(19)9-7-13)20-16(21)11-12-4-3-5-14(18)10-12/h3-10H,11H2,1-2H3,(H,20,21). The second kappa shape index (κ2) is 6.39. The van der Waals surface area contributed by atoms with E-state index in [9.17, 15) is 9.18 Å². The first-order valence-electron chi connectivity index (χ1n) is 6.68. The van der Waals surface area contributed by atoms with Crippen LogP contribution in [-0.2, 0) is 16.8 Å². The minimum Gasteiger partial charge on any atom is -0.347 e. The van der Waals surface area contributed by atoms with E-state index in [0.717, 1.165) is 15.6 Å². The van der Waals surface area contributed by atoms with Crippen LogP contribution in [0, 0.1) is 5.82 Å². The summed E-state index contributed by atoms with van der Waals surface area (Å²) < 4.78 is 13.9. The van der Waals surface area contributed by atoms with E-state index in [4.69, 9.17) is 0 Å². The molecule has 2 rings (SSSR count). The van der Waals surface area contributed by atoms with E-state index in [1.165, 1.54) is 12.1 Å². The van der Waals surface area contributed by atoms with Gasteiger partial charge >= 0.3 is 0 Å². The van der Waals surface area contributed by atoms with Crippen LogP contribution < -0.4 is 5.32 Å². The van der Waals surface area contributed by atoms with Crippen molar-refractivity contribution in [1.29, 1.82) is 0 Å². The van der Waals surface area contributed by atoms with Gasteiger partial charge < -0.3 is 5.32 Å². The fourth-order valence-corrected chi connectivity index (χ4v) is 2.61. The highest BCUT2D eigenvalue weighted by atomic mass is 79.9. The van der Waals surface area contributed by atoms with E-state index in [1.54, 1.807) is 12.1 Å². The normalized spacial score (nSPS) is 11.2. The molecular weight excluding hydrogens is 333 g/mol. The minimum absolute atomic E-state index is 0.0672. The molecule has 0 fully saturated rings. The molecule has 1 N–H and O–H groups in total. The molecule has 2 nitrogen and oxygen atoms in total. The van der Waals surface area contributed by atoms with Gasteiger partial charge in [0.05, 0.1) is 12.0 Å². The van der Waals surface area contributed by atoms with Crippen LogP contribution in [0.2, 0.25) is 0 Å². The van der Waals surface area contributed by atoms with E-state index in [0.29, 0.717) is 6.42 Å². The molecule has 21 heavy (non-hydrogen) atoms. The van der Waals surface area contributed by atoms with Crippen molar-refractivity contribution in [2.45, 2.75) is 25.8 Å². The Bertz CT molecular complexity index is 637. The summed E-state index contributed by atoms with van der Waals surface area (Å²) in [6.07, 6.45) is 0.310. The van der Waals surface area contributed by atoms with Gasteiger partial charge in [-0.3, -0.25) is 4.79 Å². The molecule has 2 aromatic rings. The smallest absolute Gasteiger partial charge is 0.225 e. The minimum atomic E-state index is -0.545. The lowest BCUT2D eigenvalue weighted by molar-refractivity contribution is -0.122. The average Bonchev–Trinajstić information content (AvgIpc) is 2.38. The molecular formula is C17H17BrFNO. The van der Waals surface area contributed by atoms with Gasteiger partial charge in [-0.15, -0.1) is 0 Å². The first kappa shape index (κ1) is 15.7. The second-order valence-corrected chi connectivity index (χ2v) is 6.40. The summed E-state index contributed by atoms with van der Waals surface area (Å²) in [7, 11) is 0. The zero-order valence-electron chi connectivity index (χ0n) is 12.0. The van der Waals surface area contributed by atoms with Crippen LogP contribution in [0.15, 0.2) is 53.0 Å². The average molecular weight is 350 g/mol. The summed E-state index contributed by atoms with van der Waals surface area (Å²) in [6, 6.07) is 13.8. The van der Waals surface area contributed by atoms with Crippen molar-refractivity contribution < 1.29 is 9.18 Å². The highest BCUT2D eigenvalue weighted by Crippen LogP contribution is 2.20. The van der Waals surface area contributed by atoms with Gasteiger partial charge in [-0.2, -0.15) is 0 Å². The lowest BCUT2D eigenvalue weighted by Crippen LogP contribution is -2.41. The van der Waals surface area contributed by atoms with Crippen molar-refractivity contribution in [2.24, 2.45) is 0 Å². The van der Waals surface area contributed by atoms with E-state index in [-0.39, 0.29) is 11.7 Å². The van der Waals surface area contributed by atoms with Gasteiger partial charge in [0.15, 0.2) is 0 Å². The lowest BCUT2D eigenvalue weighted by atomic mass is 9.94. The van der Waals surface area contributed by atoms with E-state index < -0.39 is 5.54 Å². The third-order valence-electron chi connectivity index (χ3n) is 3.27. The fraction of sp³-hybridized carbons (Fsp3) is 0.235. The van der Waals surface area contributed by atoms with Crippen molar-refractivity contribution in [3.8, 4) is 0 Å². The third kappa shape index (κ3) is 4.39. The molecule has 0 aliphatic rings. The Hall–Kier alpha value is -1.68. The Morgan fingerprint density at radius 3 is 2.48 bits per heavy atom. The maximum Gasteiger partial charge on any atom is 0.225 e. The summed E-state index contributed by atoms with van der Waals surface area (Å²) in [5, 5.41) is 2.98. The zero-order valence-corrected chi connectivity index (χ0v) is 13.6. The first-order chi connectivity index (χ1) is 9.87. The predicted molar refractivity (Wildman–Crippen MR) is 85.4 cm³/mol.